The number of ether oxygens (including phenoxy) is 2. The molecule has 0 fully saturated rings. The normalized spacial score (nSPS) is 13.6. The maximum atomic E-state index is 13.7. The minimum atomic E-state index is -5.35. The minimum Gasteiger partial charge on any atom is -0.463 e. The first-order valence-electron chi connectivity index (χ1n) is 6.89. The lowest BCUT2D eigenvalue weighted by Gasteiger charge is -2.34. The molecule has 0 aliphatic carbocycles. The Kier molecular flexibility index (Phi) is 6.38. The van der Waals surface area contributed by atoms with Crippen LogP contribution in [0.25, 0.3) is 0 Å². The Bertz CT molecular complexity index is 594. The number of alkyl halides is 3. The molecule has 24 heavy (non-hydrogen) atoms. The van der Waals surface area contributed by atoms with Crippen LogP contribution in [-0.2, 0) is 14.3 Å². The molecule has 0 radical (unpaired) electrons. The van der Waals surface area contributed by atoms with Gasteiger partial charge in [0.15, 0.2) is 0 Å². The zero-order chi connectivity index (χ0) is 18.4. The Hall–Kier alpha value is -2.52. The molecule has 0 unspecified atom stereocenters. The second-order valence-electron chi connectivity index (χ2n) is 4.42. The van der Waals surface area contributed by atoms with Crippen LogP contribution in [0.5, 0.6) is 0 Å². The van der Waals surface area contributed by atoms with Crippen molar-refractivity contribution in [3.63, 3.8) is 0 Å². The van der Waals surface area contributed by atoms with Crippen molar-refractivity contribution in [3.05, 3.63) is 30.1 Å². The number of rotatable bonds is 6. The van der Waals surface area contributed by atoms with E-state index in [2.05, 4.69) is 9.47 Å². The van der Waals surface area contributed by atoms with Crippen molar-refractivity contribution in [2.45, 2.75) is 25.7 Å². The van der Waals surface area contributed by atoms with Gasteiger partial charge in [-0.3, -0.25) is 5.32 Å². The van der Waals surface area contributed by atoms with Gasteiger partial charge in [-0.2, -0.15) is 13.2 Å². The first-order valence-corrected chi connectivity index (χ1v) is 6.89. The molecule has 0 spiro atoms. The van der Waals surface area contributed by atoms with Gasteiger partial charge in [-0.05, 0) is 26.0 Å². The number of anilines is 1. The van der Waals surface area contributed by atoms with E-state index in [4.69, 9.17) is 0 Å². The predicted molar refractivity (Wildman–Crippen MR) is 75.6 cm³/mol. The lowest BCUT2D eigenvalue weighted by atomic mass is 10.1. The lowest BCUT2D eigenvalue weighted by Crippen LogP contribution is -2.69. The van der Waals surface area contributed by atoms with Crippen molar-refractivity contribution >= 4 is 17.7 Å². The SMILES string of the molecule is CCOC(=O)N[C@@](Nc1ccccc1F)(C(=O)OCC)C(F)(F)F. The lowest BCUT2D eigenvalue weighted by molar-refractivity contribution is -0.205. The fourth-order valence-corrected chi connectivity index (χ4v) is 1.71. The monoisotopic (exact) mass is 352 g/mol. The molecule has 0 saturated carbocycles. The number of para-hydroxylation sites is 1. The van der Waals surface area contributed by atoms with E-state index < -0.39 is 35.4 Å². The van der Waals surface area contributed by atoms with E-state index in [-0.39, 0.29) is 13.2 Å². The second-order valence-corrected chi connectivity index (χ2v) is 4.42. The summed E-state index contributed by atoms with van der Waals surface area (Å²) in [6.07, 6.45) is -6.87. The number of esters is 1. The Morgan fingerprint density at radius 1 is 1.08 bits per heavy atom. The van der Waals surface area contributed by atoms with Crippen LogP contribution in [-0.4, -0.2) is 37.1 Å². The van der Waals surface area contributed by atoms with Crippen LogP contribution >= 0.6 is 0 Å². The van der Waals surface area contributed by atoms with E-state index in [1.165, 1.54) is 31.3 Å². The molecule has 6 nitrogen and oxygen atoms in total. The van der Waals surface area contributed by atoms with E-state index >= 15 is 0 Å². The average Bonchev–Trinajstić information content (AvgIpc) is 2.48. The van der Waals surface area contributed by atoms with Gasteiger partial charge < -0.3 is 14.8 Å². The first-order chi connectivity index (χ1) is 11.2. The summed E-state index contributed by atoms with van der Waals surface area (Å²) >= 11 is 0. The highest BCUT2D eigenvalue weighted by atomic mass is 19.4. The third kappa shape index (κ3) is 4.27. The quantitative estimate of drug-likeness (QED) is 0.468. The summed E-state index contributed by atoms with van der Waals surface area (Å²) in [5.74, 6) is -2.91. The Balaban J connectivity index is 3.37. The molecule has 0 saturated heterocycles. The van der Waals surface area contributed by atoms with Crippen LogP contribution in [0.1, 0.15) is 13.8 Å². The van der Waals surface area contributed by atoms with Crippen LogP contribution in [0.3, 0.4) is 0 Å². The van der Waals surface area contributed by atoms with Gasteiger partial charge in [-0.15, -0.1) is 0 Å². The molecule has 1 amide bonds. The maximum absolute atomic E-state index is 13.7. The molecule has 134 valence electrons. The molecular weight excluding hydrogens is 336 g/mol. The molecule has 0 aliphatic heterocycles. The van der Waals surface area contributed by atoms with E-state index in [0.29, 0.717) is 0 Å². The van der Waals surface area contributed by atoms with E-state index in [1.54, 1.807) is 5.32 Å². The summed E-state index contributed by atoms with van der Waals surface area (Å²) in [5.41, 5.74) is -4.36. The fourth-order valence-electron chi connectivity index (χ4n) is 1.71. The summed E-state index contributed by atoms with van der Waals surface area (Å²) < 4.78 is 63.4. The number of benzene rings is 1. The van der Waals surface area contributed by atoms with Crippen molar-refractivity contribution in [1.82, 2.24) is 5.32 Å². The summed E-state index contributed by atoms with van der Waals surface area (Å²) in [7, 11) is 0. The average molecular weight is 352 g/mol. The third-order valence-electron chi connectivity index (χ3n) is 2.77. The van der Waals surface area contributed by atoms with Crippen LogP contribution < -0.4 is 10.6 Å². The summed E-state index contributed by atoms with van der Waals surface area (Å²) in [5, 5.41) is 3.08. The van der Waals surface area contributed by atoms with Gasteiger partial charge in [0.05, 0.1) is 18.9 Å². The Morgan fingerprint density at radius 3 is 2.17 bits per heavy atom. The number of amides is 1. The number of halogens is 4. The van der Waals surface area contributed by atoms with Crippen molar-refractivity contribution in [2.24, 2.45) is 0 Å². The Morgan fingerprint density at radius 2 is 1.67 bits per heavy atom. The molecule has 1 aromatic carbocycles. The maximum Gasteiger partial charge on any atom is 0.442 e. The molecule has 10 heteroatoms. The summed E-state index contributed by atoms with van der Waals surface area (Å²) in [6.45, 7) is 2.03. The molecule has 0 aliphatic rings. The van der Waals surface area contributed by atoms with Gasteiger partial charge >= 0.3 is 23.9 Å². The smallest absolute Gasteiger partial charge is 0.442 e. The van der Waals surface area contributed by atoms with Crippen LogP contribution in [0.2, 0.25) is 0 Å². The van der Waals surface area contributed by atoms with Gasteiger partial charge in [0, 0.05) is 0 Å². The summed E-state index contributed by atoms with van der Waals surface area (Å²) in [4.78, 5) is 23.5. The topological polar surface area (TPSA) is 76.7 Å². The predicted octanol–water partition coefficient (Wildman–Crippen LogP) is 2.81. The number of nitrogens with one attached hydrogen (secondary N) is 2. The number of alkyl carbamates (subject to hydrolysis) is 1. The van der Waals surface area contributed by atoms with Gasteiger partial charge in [0.2, 0.25) is 0 Å². The number of carbonyl (C=O) groups excluding carboxylic acids is 2. The molecule has 0 aromatic heterocycles. The van der Waals surface area contributed by atoms with Crippen molar-refractivity contribution in [3.8, 4) is 0 Å². The highest BCUT2D eigenvalue weighted by Gasteiger charge is 2.64. The van der Waals surface area contributed by atoms with Gasteiger partial charge in [-0.25, -0.2) is 14.0 Å². The largest absolute Gasteiger partial charge is 0.463 e. The number of carbonyl (C=O) groups is 2. The minimum absolute atomic E-state index is 0.234. The van der Waals surface area contributed by atoms with E-state index in [9.17, 15) is 27.2 Å². The Labute approximate surface area is 135 Å². The van der Waals surface area contributed by atoms with Crippen LogP contribution in [0, 0.1) is 5.82 Å². The van der Waals surface area contributed by atoms with Gasteiger partial charge in [0.25, 0.3) is 0 Å². The molecule has 1 aromatic rings. The highest BCUT2D eigenvalue weighted by Crippen LogP contribution is 2.34. The first kappa shape index (κ1) is 19.5. The highest BCUT2D eigenvalue weighted by molar-refractivity contribution is 5.89. The van der Waals surface area contributed by atoms with Gasteiger partial charge in [0.1, 0.15) is 5.82 Å². The number of hydrogen-bond acceptors (Lipinski definition) is 5. The van der Waals surface area contributed by atoms with Crippen molar-refractivity contribution in [2.75, 3.05) is 18.5 Å². The second kappa shape index (κ2) is 7.84. The zero-order valence-corrected chi connectivity index (χ0v) is 12.9. The molecule has 2 N–H and O–H groups in total. The summed E-state index contributed by atoms with van der Waals surface area (Å²) in [6, 6.07) is 4.36. The molecular formula is C14H16F4N2O4. The van der Waals surface area contributed by atoms with E-state index in [1.807, 2.05) is 0 Å². The van der Waals surface area contributed by atoms with Gasteiger partial charge in [-0.1, -0.05) is 12.1 Å². The van der Waals surface area contributed by atoms with Crippen molar-refractivity contribution < 1.29 is 36.6 Å². The molecule has 1 rings (SSSR count). The molecule has 0 heterocycles. The van der Waals surface area contributed by atoms with Crippen LogP contribution in [0.15, 0.2) is 24.3 Å². The zero-order valence-electron chi connectivity index (χ0n) is 12.9. The number of hydrogen-bond donors (Lipinski definition) is 2. The standard InChI is InChI=1S/C14H16F4N2O4/c1-3-23-11(21)13(14(16,17)18,20-12(22)24-4-2)19-10-8-6-5-7-9(10)15/h5-8,19H,3-4H2,1-2H3,(H,20,22)/t13-/m0/s1. The molecule has 0 bridgehead atoms. The fraction of sp³-hybridized carbons (Fsp3) is 0.429. The van der Waals surface area contributed by atoms with E-state index in [0.717, 1.165) is 12.1 Å². The molecule has 1 atom stereocenters. The van der Waals surface area contributed by atoms with Crippen molar-refractivity contribution in [1.29, 1.82) is 0 Å². The third-order valence-corrected chi connectivity index (χ3v) is 2.77. The van der Waals surface area contributed by atoms with Crippen LogP contribution in [0.4, 0.5) is 28.0 Å².